The maximum Gasteiger partial charge on any atom is 0.127 e. The topological polar surface area (TPSA) is 68.3 Å². The Kier molecular flexibility index (Phi) is 6.00. The lowest BCUT2D eigenvalue weighted by atomic mass is 10.1. The van der Waals surface area contributed by atoms with Gasteiger partial charge in [0, 0.05) is 6.54 Å². The third-order valence-corrected chi connectivity index (χ3v) is 3.98. The summed E-state index contributed by atoms with van der Waals surface area (Å²) in [4.78, 5) is 0. The molecule has 3 aromatic carbocycles. The van der Waals surface area contributed by atoms with Crippen LogP contribution in [-0.2, 0) is 11.3 Å². The Labute approximate surface area is 153 Å². The number of rotatable bonds is 7. The smallest absolute Gasteiger partial charge is 0.127 e. The van der Waals surface area contributed by atoms with Crippen LogP contribution in [0.5, 0.6) is 11.5 Å². The van der Waals surface area contributed by atoms with Crippen LogP contribution < -0.4 is 10.5 Å². The van der Waals surface area contributed by atoms with Gasteiger partial charge in [-0.1, -0.05) is 42.5 Å². The summed E-state index contributed by atoms with van der Waals surface area (Å²) in [5, 5.41) is 8.82. The van der Waals surface area contributed by atoms with Crippen LogP contribution >= 0.6 is 0 Å². The second-order valence-electron chi connectivity index (χ2n) is 5.83. The number of ether oxygens (including phenoxy) is 2. The summed E-state index contributed by atoms with van der Waals surface area (Å²) in [5.41, 5.74) is 8.57. The third kappa shape index (κ3) is 4.70. The molecule has 0 saturated carbocycles. The monoisotopic (exact) mass is 344 g/mol. The molecule has 4 heteroatoms. The van der Waals surface area contributed by atoms with Gasteiger partial charge in [0.15, 0.2) is 0 Å². The molecule has 0 aromatic heterocycles. The van der Waals surface area contributed by atoms with Crippen molar-refractivity contribution in [1.29, 1.82) is 5.26 Å². The summed E-state index contributed by atoms with van der Waals surface area (Å²) >= 11 is 0. The number of nitriles is 1. The molecule has 0 amide bonds. The molecule has 1 atom stereocenters. The number of hydrogen-bond acceptors (Lipinski definition) is 4. The molecule has 2 N–H and O–H groups in total. The molecule has 3 aromatic rings. The Morgan fingerprint density at radius 2 is 1.46 bits per heavy atom. The zero-order valence-corrected chi connectivity index (χ0v) is 14.3. The van der Waals surface area contributed by atoms with Crippen molar-refractivity contribution in [2.24, 2.45) is 5.73 Å². The Morgan fingerprint density at radius 3 is 2.04 bits per heavy atom. The van der Waals surface area contributed by atoms with Crippen molar-refractivity contribution in [2.75, 3.05) is 6.54 Å². The fourth-order valence-corrected chi connectivity index (χ4v) is 2.55. The van der Waals surface area contributed by atoms with Gasteiger partial charge in [-0.2, -0.15) is 5.26 Å². The zero-order valence-electron chi connectivity index (χ0n) is 14.3. The molecule has 0 saturated heterocycles. The molecule has 0 spiro atoms. The van der Waals surface area contributed by atoms with Gasteiger partial charge in [0.2, 0.25) is 0 Å². The van der Waals surface area contributed by atoms with E-state index in [1.807, 2.05) is 54.6 Å². The lowest BCUT2D eigenvalue weighted by molar-refractivity contribution is 0.0456. The van der Waals surface area contributed by atoms with E-state index < -0.39 is 0 Å². The average Bonchev–Trinajstić information content (AvgIpc) is 2.71. The van der Waals surface area contributed by atoms with Crippen LogP contribution in [-0.4, -0.2) is 6.54 Å². The summed E-state index contributed by atoms with van der Waals surface area (Å²) in [6, 6.07) is 26.8. The van der Waals surface area contributed by atoms with Crippen molar-refractivity contribution in [2.45, 2.75) is 12.7 Å². The minimum absolute atomic E-state index is 0.120. The highest BCUT2D eigenvalue weighted by molar-refractivity contribution is 5.37. The van der Waals surface area contributed by atoms with E-state index in [1.165, 1.54) is 0 Å². The van der Waals surface area contributed by atoms with Gasteiger partial charge in [-0.05, 0) is 47.5 Å². The maximum atomic E-state index is 8.82. The predicted molar refractivity (Wildman–Crippen MR) is 101 cm³/mol. The molecule has 130 valence electrons. The lowest BCUT2D eigenvalue weighted by Gasteiger charge is -2.16. The summed E-state index contributed by atoms with van der Waals surface area (Å²) in [5.74, 6) is 1.43. The first-order valence-electron chi connectivity index (χ1n) is 8.42. The van der Waals surface area contributed by atoms with Gasteiger partial charge in [-0.15, -0.1) is 0 Å². The molecule has 0 aliphatic rings. The summed E-state index contributed by atoms with van der Waals surface area (Å²) < 4.78 is 11.7. The molecule has 26 heavy (non-hydrogen) atoms. The Morgan fingerprint density at radius 1 is 0.846 bits per heavy atom. The molecule has 4 nitrogen and oxygen atoms in total. The maximum absolute atomic E-state index is 8.82. The zero-order chi connectivity index (χ0) is 18.2. The molecule has 0 aliphatic carbocycles. The van der Waals surface area contributed by atoms with E-state index in [4.69, 9.17) is 20.5 Å². The molecule has 0 bridgehead atoms. The third-order valence-electron chi connectivity index (χ3n) is 3.98. The average molecular weight is 344 g/mol. The van der Waals surface area contributed by atoms with Crippen LogP contribution in [0.25, 0.3) is 0 Å². The summed E-state index contributed by atoms with van der Waals surface area (Å²) in [6.45, 7) is 0.914. The number of nitrogens with zero attached hydrogens (tertiary/aromatic N) is 1. The van der Waals surface area contributed by atoms with Crippen LogP contribution in [0.4, 0.5) is 0 Å². The van der Waals surface area contributed by atoms with Crippen LogP contribution in [0.15, 0.2) is 78.9 Å². The SMILES string of the molecule is N#Cc1ccc(Oc2ccc(CO[C@@H](CN)c3ccccc3)cc2)cc1. The summed E-state index contributed by atoms with van der Waals surface area (Å²) in [7, 11) is 0. The van der Waals surface area contributed by atoms with E-state index in [0.717, 1.165) is 16.9 Å². The number of benzene rings is 3. The Balaban J connectivity index is 1.58. The van der Waals surface area contributed by atoms with Crippen LogP contribution in [0.2, 0.25) is 0 Å². The highest BCUT2D eigenvalue weighted by Gasteiger charge is 2.09. The van der Waals surface area contributed by atoms with Crippen molar-refractivity contribution in [3.63, 3.8) is 0 Å². The van der Waals surface area contributed by atoms with Gasteiger partial charge in [-0.3, -0.25) is 0 Å². The molecule has 3 rings (SSSR count). The van der Waals surface area contributed by atoms with E-state index in [-0.39, 0.29) is 6.10 Å². The molecule has 0 radical (unpaired) electrons. The highest BCUT2D eigenvalue weighted by Crippen LogP contribution is 2.23. The normalized spacial score (nSPS) is 11.5. The molecular formula is C22H20N2O2. The second kappa shape index (κ2) is 8.82. The van der Waals surface area contributed by atoms with Gasteiger partial charge < -0.3 is 15.2 Å². The predicted octanol–water partition coefficient (Wildman–Crippen LogP) is 4.57. The summed E-state index contributed by atoms with van der Waals surface area (Å²) in [6.07, 6.45) is -0.120. The quantitative estimate of drug-likeness (QED) is 0.682. The molecule has 0 fully saturated rings. The van der Waals surface area contributed by atoms with Gasteiger partial charge in [0.25, 0.3) is 0 Å². The molecule has 0 aliphatic heterocycles. The first-order valence-corrected chi connectivity index (χ1v) is 8.42. The number of nitrogens with two attached hydrogens (primary N) is 1. The van der Waals surface area contributed by atoms with Crippen LogP contribution in [0, 0.1) is 11.3 Å². The van der Waals surface area contributed by atoms with E-state index in [1.54, 1.807) is 24.3 Å². The minimum Gasteiger partial charge on any atom is -0.457 e. The van der Waals surface area contributed by atoms with E-state index >= 15 is 0 Å². The fourth-order valence-electron chi connectivity index (χ4n) is 2.55. The van der Waals surface area contributed by atoms with Crippen molar-refractivity contribution in [1.82, 2.24) is 0 Å². The van der Waals surface area contributed by atoms with Gasteiger partial charge in [-0.25, -0.2) is 0 Å². The fraction of sp³-hybridized carbons (Fsp3) is 0.136. The Bertz CT molecular complexity index is 853. The molecule has 0 unspecified atom stereocenters. The van der Waals surface area contributed by atoms with Gasteiger partial charge in [0.05, 0.1) is 24.3 Å². The van der Waals surface area contributed by atoms with Crippen molar-refractivity contribution < 1.29 is 9.47 Å². The number of hydrogen-bond donors (Lipinski definition) is 1. The van der Waals surface area contributed by atoms with E-state index in [2.05, 4.69) is 6.07 Å². The first kappa shape index (κ1) is 17.7. The van der Waals surface area contributed by atoms with Crippen LogP contribution in [0.1, 0.15) is 22.8 Å². The van der Waals surface area contributed by atoms with E-state index in [0.29, 0.717) is 24.5 Å². The van der Waals surface area contributed by atoms with Crippen molar-refractivity contribution in [3.8, 4) is 17.6 Å². The largest absolute Gasteiger partial charge is 0.457 e. The molecule has 0 heterocycles. The van der Waals surface area contributed by atoms with Gasteiger partial charge in [0.1, 0.15) is 11.5 Å². The highest BCUT2D eigenvalue weighted by atomic mass is 16.5. The van der Waals surface area contributed by atoms with Crippen molar-refractivity contribution >= 4 is 0 Å². The standard InChI is InChI=1S/C22H20N2O2/c23-14-17-6-10-20(11-7-17)26-21-12-8-18(9-13-21)16-25-22(15-24)19-4-2-1-3-5-19/h1-13,22H,15-16,24H2/t22-/m0/s1. The molecular weight excluding hydrogens is 324 g/mol. The lowest BCUT2D eigenvalue weighted by Crippen LogP contribution is -2.15. The van der Waals surface area contributed by atoms with Gasteiger partial charge >= 0.3 is 0 Å². The Hall–Kier alpha value is -3.13. The van der Waals surface area contributed by atoms with Crippen LogP contribution in [0.3, 0.4) is 0 Å². The first-order chi connectivity index (χ1) is 12.8. The minimum atomic E-state index is -0.120. The second-order valence-corrected chi connectivity index (χ2v) is 5.83. The van der Waals surface area contributed by atoms with Crippen molar-refractivity contribution in [3.05, 3.63) is 95.6 Å². The van der Waals surface area contributed by atoms with E-state index in [9.17, 15) is 0 Å².